The topological polar surface area (TPSA) is 105 Å². The molecule has 1 fully saturated rings. The van der Waals surface area contributed by atoms with Crippen LogP contribution in [0.5, 0.6) is 0 Å². The Hall–Kier alpha value is -2.98. The summed E-state index contributed by atoms with van der Waals surface area (Å²) in [6, 6.07) is 11.1. The molecule has 0 aromatic heterocycles. The van der Waals surface area contributed by atoms with Crippen molar-refractivity contribution in [2.24, 2.45) is 5.92 Å². The second-order valence-electron chi connectivity index (χ2n) is 8.23. The highest BCUT2D eigenvalue weighted by Crippen LogP contribution is 2.20. The van der Waals surface area contributed by atoms with E-state index in [0.29, 0.717) is 44.8 Å². The highest BCUT2D eigenvalue weighted by atomic mass is 32.2. The standard InChI is InChI=1S/C24H30FN3O5S/c1-33-16-2-13-26-24(30)19-11-14-28(15-12-19)23(29)17-18-3-7-21(8-4-18)27-34(31,32)22-9-5-20(25)6-10-22/h3-10,19,27H,2,11-17H2,1H3,(H,26,30). The number of piperidine rings is 1. The molecule has 0 bridgehead atoms. The summed E-state index contributed by atoms with van der Waals surface area (Å²) in [5.41, 5.74) is 1.10. The maximum Gasteiger partial charge on any atom is 0.261 e. The second kappa shape index (κ2) is 11.9. The number of likely N-dealkylation sites (tertiary alicyclic amines) is 1. The number of amides is 2. The van der Waals surface area contributed by atoms with E-state index in [4.69, 9.17) is 4.74 Å². The fourth-order valence-electron chi connectivity index (χ4n) is 3.77. The van der Waals surface area contributed by atoms with Gasteiger partial charge >= 0.3 is 0 Å². The van der Waals surface area contributed by atoms with Crippen LogP contribution in [-0.4, -0.2) is 58.5 Å². The molecule has 1 saturated heterocycles. The molecule has 0 atom stereocenters. The lowest BCUT2D eigenvalue weighted by Crippen LogP contribution is -2.43. The first kappa shape index (κ1) is 25.6. The van der Waals surface area contributed by atoms with Gasteiger partial charge in [0.1, 0.15) is 5.82 Å². The van der Waals surface area contributed by atoms with Crippen LogP contribution in [0.25, 0.3) is 0 Å². The number of methoxy groups -OCH3 is 1. The molecule has 184 valence electrons. The average molecular weight is 492 g/mol. The molecular formula is C24H30FN3O5S. The second-order valence-corrected chi connectivity index (χ2v) is 9.91. The van der Waals surface area contributed by atoms with Crippen molar-refractivity contribution in [3.8, 4) is 0 Å². The van der Waals surface area contributed by atoms with Crippen molar-refractivity contribution < 1.29 is 27.1 Å². The Labute approximate surface area is 199 Å². The molecule has 8 nitrogen and oxygen atoms in total. The van der Waals surface area contributed by atoms with Gasteiger partial charge in [-0.25, -0.2) is 12.8 Å². The smallest absolute Gasteiger partial charge is 0.261 e. The molecule has 0 spiro atoms. The molecule has 2 aromatic carbocycles. The lowest BCUT2D eigenvalue weighted by molar-refractivity contribution is -0.135. The van der Waals surface area contributed by atoms with Gasteiger partial charge in [0.15, 0.2) is 0 Å². The van der Waals surface area contributed by atoms with Gasteiger partial charge in [0.2, 0.25) is 11.8 Å². The summed E-state index contributed by atoms with van der Waals surface area (Å²) in [6.07, 6.45) is 2.23. The van der Waals surface area contributed by atoms with Crippen LogP contribution in [0.1, 0.15) is 24.8 Å². The molecule has 1 heterocycles. The van der Waals surface area contributed by atoms with Crippen molar-refractivity contribution in [3.05, 3.63) is 59.9 Å². The largest absolute Gasteiger partial charge is 0.385 e. The van der Waals surface area contributed by atoms with Crippen molar-refractivity contribution in [2.45, 2.75) is 30.6 Å². The molecule has 2 aromatic rings. The van der Waals surface area contributed by atoms with Crippen molar-refractivity contribution in [3.63, 3.8) is 0 Å². The van der Waals surface area contributed by atoms with E-state index in [1.807, 2.05) is 0 Å². The monoisotopic (exact) mass is 491 g/mol. The third kappa shape index (κ3) is 7.26. The lowest BCUT2D eigenvalue weighted by atomic mass is 9.95. The zero-order chi connectivity index (χ0) is 24.6. The summed E-state index contributed by atoms with van der Waals surface area (Å²) < 4.78 is 45.3. The van der Waals surface area contributed by atoms with E-state index in [9.17, 15) is 22.4 Å². The fraction of sp³-hybridized carbons (Fsp3) is 0.417. The minimum absolute atomic E-state index is 0.0291. The van der Waals surface area contributed by atoms with E-state index in [-0.39, 0.29) is 29.0 Å². The van der Waals surface area contributed by atoms with Gasteiger partial charge in [0.05, 0.1) is 11.3 Å². The van der Waals surface area contributed by atoms with Crippen LogP contribution in [-0.2, 0) is 30.8 Å². The van der Waals surface area contributed by atoms with Gasteiger partial charge in [-0.1, -0.05) is 12.1 Å². The molecular weight excluding hydrogens is 461 g/mol. The Bertz CT molecular complexity index is 1070. The highest BCUT2D eigenvalue weighted by Gasteiger charge is 2.27. The molecule has 0 saturated carbocycles. The zero-order valence-corrected chi connectivity index (χ0v) is 19.9. The summed E-state index contributed by atoms with van der Waals surface area (Å²) >= 11 is 0. The zero-order valence-electron chi connectivity index (χ0n) is 19.1. The number of carbonyl (C=O) groups excluding carboxylic acids is 2. The number of nitrogens with one attached hydrogen (secondary N) is 2. The number of halogens is 1. The molecule has 0 radical (unpaired) electrons. The Morgan fingerprint density at radius 3 is 2.32 bits per heavy atom. The first-order valence-electron chi connectivity index (χ1n) is 11.2. The minimum atomic E-state index is -3.84. The number of anilines is 1. The van der Waals surface area contributed by atoms with E-state index < -0.39 is 15.8 Å². The molecule has 3 rings (SSSR count). The van der Waals surface area contributed by atoms with Crippen molar-refractivity contribution in [1.29, 1.82) is 0 Å². The van der Waals surface area contributed by atoms with Crippen LogP contribution in [0.4, 0.5) is 10.1 Å². The number of carbonyl (C=O) groups is 2. The van der Waals surface area contributed by atoms with E-state index in [1.165, 1.54) is 12.1 Å². The van der Waals surface area contributed by atoms with Crippen LogP contribution in [0.2, 0.25) is 0 Å². The molecule has 2 amide bonds. The molecule has 1 aliphatic rings. The first-order valence-corrected chi connectivity index (χ1v) is 12.7. The van der Waals surface area contributed by atoms with Gasteiger partial charge in [-0.05, 0) is 61.2 Å². The van der Waals surface area contributed by atoms with Crippen molar-refractivity contribution >= 4 is 27.5 Å². The van der Waals surface area contributed by atoms with Crippen LogP contribution in [0.15, 0.2) is 53.4 Å². The van der Waals surface area contributed by atoms with Gasteiger partial charge in [-0.15, -0.1) is 0 Å². The van der Waals surface area contributed by atoms with Crippen LogP contribution >= 0.6 is 0 Å². The Morgan fingerprint density at radius 1 is 1.06 bits per heavy atom. The Balaban J connectivity index is 1.47. The van der Waals surface area contributed by atoms with Crippen molar-refractivity contribution in [2.75, 3.05) is 38.1 Å². The normalized spacial score (nSPS) is 14.6. The highest BCUT2D eigenvalue weighted by molar-refractivity contribution is 7.92. The summed E-state index contributed by atoms with van der Waals surface area (Å²) in [6.45, 7) is 2.26. The van der Waals surface area contributed by atoms with Crippen LogP contribution < -0.4 is 10.0 Å². The number of hydrogen-bond acceptors (Lipinski definition) is 5. The fourth-order valence-corrected chi connectivity index (χ4v) is 4.83. The molecule has 1 aliphatic heterocycles. The van der Waals surface area contributed by atoms with Crippen molar-refractivity contribution in [1.82, 2.24) is 10.2 Å². The van der Waals surface area contributed by atoms with E-state index in [0.717, 1.165) is 24.1 Å². The molecule has 2 N–H and O–H groups in total. The molecule has 34 heavy (non-hydrogen) atoms. The predicted octanol–water partition coefficient (Wildman–Crippen LogP) is 2.56. The van der Waals surface area contributed by atoms with Gasteiger partial charge in [0.25, 0.3) is 10.0 Å². The predicted molar refractivity (Wildman–Crippen MR) is 126 cm³/mol. The maximum atomic E-state index is 13.0. The Morgan fingerprint density at radius 2 is 1.71 bits per heavy atom. The van der Waals surface area contributed by atoms with E-state index >= 15 is 0 Å². The van der Waals surface area contributed by atoms with Crippen LogP contribution in [0, 0.1) is 11.7 Å². The number of nitrogens with zero attached hydrogens (tertiary/aromatic N) is 1. The summed E-state index contributed by atoms with van der Waals surface area (Å²) in [5, 5.41) is 2.92. The average Bonchev–Trinajstić information content (AvgIpc) is 2.83. The minimum Gasteiger partial charge on any atom is -0.385 e. The first-order chi connectivity index (χ1) is 16.3. The number of hydrogen-bond donors (Lipinski definition) is 2. The number of rotatable bonds is 10. The molecule has 10 heteroatoms. The summed E-state index contributed by atoms with van der Waals surface area (Å²) in [7, 11) is -2.21. The summed E-state index contributed by atoms with van der Waals surface area (Å²) in [4.78, 5) is 26.7. The van der Waals surface area contributed by atoms with Gasteiger partial charge < -0.3 is 15.0 Å². The number of ether oxygens (including phenoxy) is 1. The molecule has 0 aliphatic carbocycles. The van der Waals surface area contributed by atoms with E-state index in [1.54, 1.807) is 36.3 Å². The van der Waals surface area contributed by atoms with Crippen LogP contribution in [0.3, 0.4) is 0 Å². The third-order valence-electron chi connectivity index (χ3n) is 5.73. The Kier molecular flexibility index (Phi) is 9.00. The van der Waals surface area contributed by atoms with Gasteiger partial charge in [0, 0.05) is 45.0 Å². The van der Waals surface area contributed by atoms with Gasteiger partial charge in [-0.2, -0.15) is 0 Å². The number of sulfonamides is 1. The number of benzene rings is 2. The quantitative estimate of drug-likeness (QED) is 0.497. The third-order valence-corrected chi connectivity index (χ3v) is 7.13. The SMILES string of the molecule is COCCCNC(=O)C1CCN(C(=O)Cc2ccc(NS(=O)(=O)c3ccc(F)cc3)cc2)CC1. The summed E-state index contributed by atoms with van der Waals surface area (Å²) in [5.74, 6) is -0.598. The molecule has 0 unspecified atom stereocenters. The lowest BCUT2D eigenvalue weighted by Gasteiger charge is -2.31. The maximum absolute atomic E-state index is 13.0. The van der Waals surface area contributed by atoms with E-state index in [2.05, 4.69) is 10.0 Å². The van der Waals surface area contributed by atoms with Gasteiger partial charge in [-0.3, -0.25) is 14.3 Å².